The second-order valence-electron chi connectivity index (χ2n) is 6.06. The Hall–Kier alpha value is -3.26. The number of aromatic nitrogens is 6. The van der Waals surface area contributed by atoms with E-state index in [1.807, 2.05) is 66.9 Å². The molecule has 0 atom stereocenters. The maximum Gasteiger partial charge on any atom is 0.235 e. The van der Waals surface area contributed by atoms with Crippen LogP contribution in [0.5, 0.6) is 5.75 Å². The van der Waals surface area contributed by atoms with Gasteiger partial charge in [-0.1, -0.05) is 29.5 Å². The standard InChI is InChI=1S/C19H16N6OS/c1-3-26-14-8-6-7-13(11-14)18-23-25-17(21-22-19(25)27-18)16-12(2)20-15-9-4-5-10-24(15)16/h4-11H,3H2,1-2H3. The molecule has 0 radical (unpaired) electrons. The number of rotatable bonds is 4. The van der Waals surface area contributed by atoms with Crippen molar-refractivity contribution in [3.8, 4) is 27.8 Å². The Bertz CT molecular complexity index is 1270. The summed E-state index contributed by atoms with van der Waals surface area (Å²) in [6.45, 7) is 4.58. The first kappa shape index (κ1) is 16.0. The smallest absolute Gasteiger partial charge is 0.235 e. The third-order valence-corrected chi connectivity index (χ3v) is 5.25. The zero-order valence-corrected chi connectivity index (χ0v) is 15.6. The zero-order chi connectivity index (χ0) is 18.4. The number of hydrogen-bond acceptors (Lipinski definition) is 6. The number of nitrogens with zero attached hydrogens (tertiary/aromatic N) is 6. The average molecular weight is 376 g/mol. The molecule has 27 heavy (non-hydrogen) atoms. The minimum Gasteiger partial charge on any atom is -0.494 e. The van der Waals surface area contributed by atoms with E-state index in [4.69, 9.17) is 9.84 Å². The molecule has 0 spiro atoms. The van der Waals surface area contributed by atoms with E-state index in [-0.39, 0.29) is 0 Å². The number of benzene rings is 1. The van der Waals surface area contributed by atoms with Crippen molar-refractivity contribution in [1.29, 1.82) is 0 Å². The highest BCUT2D eigenvalue weighted by Gasteiger charge is 2.20. The van der Waals surface area contributed by atoms with Crippen LogP contribution in [-0.2, 0) is 0 Å². The summed E-state index contributed by atoms with van der Waals surface area (Å²) in [5, 5.41) is 14.3. The number of hydrogen-bond donors (Lipinski definition) is 0. The highest BCUT2D eigenvalue weighted by atomic mass is 32.1. The summed E-state index contributed by atoms with van der Waals surface area (Å²) in [6.07, 6.45) is 1.98. The summed E-state index contributed by atoms with van der Waals surface area (Å²) >= 11 is 1.50. The summed E-state index contributed by atoms with van der Waals surface area (Å²) in [6, 6.07) is 13.8. The van der Waals surface area contributed by atoms with Crippen molar-refractivity contribution < 1.29 is 4.74 Å². The summed E-state index contributed by atoms with van der Waals surface area (Å²) in [4.78, 5) is 5.36. The van der Waals surface area contributed by atoms with Gasteiger partial charge in [0.1, 0.15) is 22.1 Å². The van der Waals surface area contributed by atoms with Gasteiger partial charge in [0.05, 0.1) is 12.3 Å². The van der Waals surface area contributed by atoms with Gasteiger partial charge >= 0.3 is 0 Å². The van der Waals surface area contributed by atoms with E-state index in [1.165, 1.54) is 11.3 Å². The molecule has 0 fully saturated rings. The van der Waals surface area contributed by atoms with Gasteiger partial charge in [0.2, 0.25) is 10.8 Å². The molecule has 5 aromatic rings. The molecule has 0 aliphatic heterocycles. The molecule has 1 aromatic carbocycles. The summed E-state index contributed by atoms with van der Waals surface area (Å²) in [5.74, 6) is 1.52. The lowest BCUT2D eigenvalue weighted by molar-refractivity contribution is 0.340. The highest BCUT2D eigenvalue weighted by molar-refractivity contribution is 7.19. The molecule has 0 amide bonds. The molecule has 0 unspecified atom stereocenters. The first-order valence-corrected chi connectivity index (χ1v) is 9.46. The number of fused-ring (bicyclic) bond motifs is 2. The van der Waals surface area contributed by atoms with Crippen molar-refractivity contribution in [3.63, 3.8) is 0 Å². The largest absolute Gasteiger partial charge is 0.494 e. The van der Waals surface area contributed by atoms with Gasteiger partial charge in [0.25, 0.3) is 0 Å². The van der Waals surface area contributed by atoms with E-state index in [2.05, 4.69) is 15.2 Å². The van der Waals surface area contributed by atoms with Gasteiger partial charge in [-0.25, -0.2) is 4.98 Å². The molecule has 4 aromatic heterocycles. The lowest BCUT2D eigenvalue weighted by Gasteiger charge is -2.03. The molecule has 0 aliphatic rings. The molecule has 0 N–H and O–H groups in total. The lowest BCUT2D eigenvalue weighted by Crippen LogP contribution is -1.96. The van der Waals surface area contributed by atoms with Gasteiger partial charge in [0, 0.05) is 11.8 Å². The van der Waals surface area contributed by atoms with Gasteiger partial charge in [-0.05, 0) is 38.1 Å². The Morgan fingerprint density at radius 3 is 2.93 bits per heavy atom. The first-order valence-electron chi connectivity index (χ1n) is 8.64. The predicted octanol–water partition coefficient (Wildman–Crippen LogP) is 3.87. The number of pyridine rings is 1. The maximum atomic E-state index is 5.60. The van der Waals surface area contributed by atoms with E-state index in [1.54, 1.807) is 4.52 Å². The lowest BCUT2D eigenvalue weighted by atomic mass is 10.2. The van der Waals surface area contributed by atoms with E-state index >= 15 is 0 Å². The van der Waals surface area contributed by atoms with Crippen molar-refractivity contribution in [2.75, 3.05) is 6.61 Å². The van der Waals surface area contributed by atoms with Crippen LogP contribution in [0.3, 0.4) is 0 Å². The van der Waals surface area contributed by atoms with Crippen LogP contribution in [0.2, 0.25) is 0 Å². The summed E-state index contributed by atoms with van der Waals surface area (Å²) in [7, 11) is 0. The molecule has 0 aliphatic carbocycles. The molecule has 5 rings (SSSR count). The Morgan fingerprint density at radius 1 is 1.11 bits per heavy atom. The van der Waals surface area contributed by atoms with Crippen molar-refractivity contribution in [1.82, 2.24) is 29.2 Å². The van der Waals surface area contributed by atoms with Crippen LogP contribution in [0.25, 0.3) is 32.7 Å². The van der Waals surface area contributed by atoms with Crippen LogP contribution < -0.4 is 4.74 Å². The van der Waals surface area contributed by atoms with Gasteiger partial charge in [-0.2, -0.15) is 9.61 Å². The van der Waals surface area contributed by atoms with Crippen LogP contribution in [0.15, 0.2) is 48.7 Å². The molecule has 4 heterocycles. The minimum atomic E-state index is 0.631. The van der Waals surface area contributed by atoms with Crippen molar-refractivity contribution in [2.24, 2.45) is 0 Å². The monoisotopic (exact) mass is 376 g/mol. The molecule has 0 saturated heterocycles. The summed E-state index contributed by atoms with van der Waals surface area (Å²) in [5.41, 5.74) is 3.67. The predicted molar refractivity (Wildman–Crippen MR) is 104 cm³/mol. The quantitative estimate of drug-likeness (QED) is 0.476. The van der Waals surface area contributed by atoms with Crippen LogP contribution in [-0.4, -0.2) is 35.8 Å². The number of aryl methyl sites for hydroxylation is 1. The minimum absolute atomic E-state index is 0.631. The van der Waals surface area contributed by atoms with Crippen LogP contribution in [0.1, 0.15) is 12.6 Å². The summed E-state index contributed by atoms with van der Waals surface area (Å²) < 4.78 is 9.40. The Kier molecular flexibility index (Phi) is 3.64. The fourth-order valence-corrected chi connectivity index (χ4v) is 3.99. The third kappa shape index (κ3) is 2.57. The van der Waals surface area contributed by atoms with Gasteiger partial charge < -0.3 is 4.74 Å². The normalized spacial score (nSPS) is 11.5. The molecule has 7 nitrogen and oxygen atoms in total. The highest BCUT2D eigenvalue weighted by Crippen LogP contribution is 2.31. The fraction of sp³-hybridized carbons (Fsp3) is 0.158. The number of imidazole rings is 1. The Labute approximate surface area is 158 Å². The second kappa shape index (κ2) is 6.17. The Morgan fingerprint density at radius 2 is 2.04 bits per heavy atom. The molecular formula is C19H16N6OS. The van der Waals surface area contributed by atoms with Crippen molar-refractivity contribution >= 4 is 21.9 Å². The van der Waals surface area contributed by atoms with Gasteiger partial charge in [-0.3, -0.25) is 4.40 Å². The zero-order valence-electron chi connectivity index (χ0n) is 14.8. The van der Waals surface area contributed by atoms with E-state index in [0.29, 0.717) is 12.4 Å². The van der Waals surface area contributed by atoms with Gasteiger partial charge in [-0.15, -0.1) is 10.2 Å². The molecule has 0 saturated carbocycles. The van der Waals surface area contributed by atoms with Crippen LogP contribution in [0.4, 0.5) is 0 Å². The van der Waals surface area contributed by atoms with Crippen LogP contribution >= 0.6 is 11.3 Å². The molecule has 8 heteroatoms. The topological polar surface area (TPSA) is 69.6 Å². The van der Waals surface area contributed by atoms with Crippen molar-refractivity contribution in [2.45, 2.75) is 13.8 Å². The van der Waals surface area contributed by atoms with E-state index in [9.17, 15) is 0 Å². The van der Waals surface area contributed by atoms with Crippen LogP contribution in [0, 0.1) is 6.92 Å². The second-order valence-corrected chi connectivity index (χ2v) is 7.02. The maximum absolute atomic E-state index is 5.60. The fourth-order valence-electron chi connectivity index (χ4n) is 3.15. The molecule has 0 bridgehead atoms. The van der Waals surface area contributed by atoms with Crippen molar-refractivity contribution in [3.05, 3.63) is 54.4 Å². The first-order chi connectivity index (χ1) is 13.2. The molecular weight excluding hydrogens is 360 g/mol. The third-order valence-electron chi connectivity index (χ3n) is 4.30. The van der Waals surface area contributed by atoms with Gasteiger partial charge in [0.15, 0.2) is 0 Å². The Balaban J connectivity index is 1.66. The SMILES string of the molecule is CCOc1cccc(-c2nn3c(-c4c(C)nc5ccccn45)nnc3s2)c1. The van der Waals surface area contributed by atoms with E-state index < -0.39 is 0 Å². The van der Waals surface area contributed by atoms with E-state index in [0.717, 1.165) is 38.3 Å². The number of ether oxygens (including phenoxy) is 1. The average Bonchev–Trinajstić information content (AvgIpc) is 3.34. The molecule has 134 valence electrons.